The highest BCUT2D eigenvalue weighted by molar-refractivity contribution is 7.90. The second-order valence-corrected chi connectivity index (χ2v) is 6.76. The molecule has 7 heteroatoms. The third kappa shape index (κ3) is 3.09. The van der Waals surface area contributed by atoms with E-state index < -0.39 is 10.0 Å². The average Bonchev–Trinajstić information content (AvgIpc) is 2.53. The van der Waals surface area contributed by atoms with E-state index in [4.69, 9.17) is 0 Å². The number of sulfonamides is 1. The Morgan fingerprint density at radius 2 is 1.83 bits per heavy atom. The largest absolute Gasteiger partial charge is 0.324 e. The van der Waals surface area contributed by atoms with Crippen molar-refractivity contribution in [3.8, 4) is 0 Å². The van der Waals surface area contributed by atoms with Crippen LogP contribution >= 0.6 is 0 Å². The molecule has 0 radical (unpaired) electrons. The first-order valence-corrected chi connectivity index (χ1v) is 8.43. The fourth-order valence-corrected chi connectivity index (χ4v) is 3.39. The zero-order valence-corrected chi connectivity index (χ0v) is 13.2. The summed E-state index contributed by atoms with van der Waals surface area (Å²) in [4.78, 5) is 13.9. The Hall–Kier alpha value is -2.67. The van der Waals surface area contributed by atoms with Gasteiger partial charge in [-0.15, -0.1) is 4.40 Å². The molecular formula is C16H15N3O3S. The van der Waals surface area contributed by atoms with Crippen LogP contribution in [-0.4, -0.2) is 27.2 Å². The summed E-state index contributed by atoms with van der Waals surface area (Å²) in [5.41, 5.74) is 2.13. The molecule has 0 fully saturated rings. The molecule has 0 atom stereocenters. The summed E-state index contributed by atoms with van der Waals surface area (Å²) in [6.07, 6.45) is 1.18. The maximum atomic E-state index is 12.2. The van der Waals surface area contributed by atoms with Gasteiger partial charge >= 0.3 is 0 Å². The zero-order valence-electron chi connectivity index (χ0n) is 12.4. The summed E-state index contributed by atoms with van der Waals surface area (Å²) >= 11 is 0. The number of amides is 1. The van der Waals surface area contributed by atoms with Crippen LogP contribution < -0.4 is 10.2 Å². The Bertz CT molecular complexity index is 891. The Morgan fingerprint density at radius 1 is 1.13 bits per heavy atom. The number of fused-ring (bicyclic) bond motifs is 1. The molecule has 1 heterocycles. The number of carbonyl (C=O) groups is 1. The van der Waals surface area contributed by atoms with Gasteiger partial charge in [0.1, 0.15) is 17.8 Å². The van der Waals surface area contributed by atoms with E-state index in [2.05, 4.69) is 9.71 Å². The van der Waals surface area contributed by atoms with Gasteiger partial charge in [0.15, 0.2) is 0 Å². The Kier molecular flexibility index (Phi) is 3.87. The summed E-state index contributed by atoms with van der Waals surface area (Å²) < 4.78 is 27.4. The lowest BCUT2D eigenvalue weighted by atomic mass is 10.2. The molecule has 0 saturated heterocycles. The number of rotatable bonds is 3. The number of nitrogens with one attached hydrogen (secondary N) is 1. The highest BCUT2D eigenvalue weighted by Gasteiger charge is 2.25. The van der Waals surface area contributed by atoms with Crippen molar-refractivity contribution in [2.75, 3.05) is 16.8 Å². The summed E-state index contributed by atoms with van der Waals surface area (Å²) in [6.45, 7) is 1.88. The molecule has 23 heavy (non-hydrogen) atoms. The van der Waals surface area contributed by atoms with Crippen molar-refractivity contribution in [2.24, 2.45) is 4.40 Å². The van der Waals surface area contributed by atoms with Gasteiger partial charge in [0.25, 0.3) is 10.0 Å². The molecule has 1 aliphatic heterocycles. The highest BCUT2D eigenvalue weighted by Crippen LogP contribution is 2.29. The van der Waals surface area contributed by atoms with E-state index in [1.54, 1.807) is 18.2 Å². The van der Waals surface area contributed by atoms with E-state index in [0.717, 1.165) is 11.3 Å². The van der Waals surface area contributed by atoms with Crippen molar-refractivity contribution < 1.29 is 13.2 Å². The van der Waals surface area contributed by atoms with E-state index >= 15 is 0 Å². The van der Waals surface area contributed by atoms with Crippen LogP contribution in [0, 0.1) is 6.92 Å². The lowest BCUT2D eigenvalue weighted by Crippen LogP contribution is -2.35. The molecule has 0 saturated carbocycles. The molecule has 6 nitrogen and oxygen atoms in total. The van der Waals surface area contributed by atoms with Crippen LogP contribution in [0.1, 0.15) is 5.56 Å². The number of hydrogen-bond acceptors (Lipinski definition) is 4. The molecule has 118 valence electrons. The number of nitrogens with zero attached hydrogens (tertiary/aromatic N) is 2. The fourth-order valence-electron chi connectivity index (χ4n) is 2.33. The molecule has 0 aliphatic carbocycles. The predicted molar refractivity (Wildman–Crippen MR) is 89.3 cm³/mol. The molecule has 1 amide bonds. The predicted octanol–water partition coefficient (Wildman–Crippen LogP) is 2.17. The number of hydrogen-bond donors (Lipinski definition) is 1. The van der Waals surface area contributed by atoms with Crippen molar-refractivity contribution in [3.05, 3.63) is 54.1 Å². The minimum atomic E-state index is -3.68. The monoisotopic (exact) mass is 329 g/mol. The van der Waals surface area contributed by atoms with E-state index in [-0.39, 0.29) is 17.3 Å². The van der Waals surface area contributed by atoms with Crippen molar-refractivity contribution >= 4 is 33.6 Å². The molecule has 1 N–H and O–H groups in total. The van der Waals surface area contributed by atoms with Gasteiger partial charge in [-0.2, -0.15) is 8.42 Å². The normalized spacial score (nSPS) is 15.1. The Morgan fingerprint density at radius 3 is 2.61 bits per heavy atom. The second kappa shape index (κ2) is 5.85. The van der Waals surface area contributed by atoms with Gasteiger partial charge in [-0.1, -0.05) is 30.3 Å². The standard InChI is InChI=1S/C16H15N3O3S/c1-12-6-2-3-7-13(12)18-16(20)10-19-11-17-23(21,22)15-9-5-4-8-14(15)19/h2-9,11H,10H2,1H3,(H,18,20). The Balaban J connectivity index is 1.81. The first kappa shape index (κ1) is 15.2. The quantitative estimate of drug-likeness (QED) is 0.936. The van der Waals surface area contributed by atoms with Crippen LogP contribution in [0.25, 0.3) is 0 Å². The van der Waals surface area contributed by atoms with Gasteiger partial charge in [-0.3, -0.25) is 4.79 Å². The number of aryl methyl sites for hydroxylation is 1. The van der Waals surface area contributed by atoms with Gasteiger partial charge < -0.3 is 10.2 Å². The molecule has 0 bridgehead atoms. The van der Waals surface area contributed by atoms with Crippen LogP contribution in [0.15, 0.2) is 57.8 Å². The minimum absolute atomic E-state index is 0.0234. The van der Waals surface area contributed by atoms with Gasteiger partial charge in [0.05, 0.1) is 5.69 Å². The third-order valence-corrected chi connectivity index (χ3v) is 4.78. The Labute approximate surface area is 134 Å². The summed E-state index contributed by atoms with van der Waals surface area (Å²) in [7, 11) is -3.68. The molecule has 2 aromatic rings. The van der Waals surface area contributed by atoms with Gasteiger partial charge in [-0.05, 0) is 30.7 Å². The smallest absolute Gasteiger partial charge is 0.285 e. The van der Waals surface area contributed by atoms with Crippen molar-refractivity contribution in [2.45, 2.75) is 11.8 Å². The first-order valence-electron chi connectivity index (χ1n) is 6.99. The van der Waals surface area contributed by atoms with Crippen LogP contribution in [-0.2, 0) is 14.8 Å². The number of benzene rings is 2. The SMILES string of the molecule is Cc1ccccc1NC(=O)CN1C=NS(=O)(=O)c2ccccc21. The number of carbonyl (C=O) groups excluding carboxylic acids is 1. The molecule has 3 rings (SSSR count). The van der Waals surface area contributed by atoms with E-state index in [1.165, 1.54) is 17.3 Å². The van der Waals surface area contributed by atoms with E-state index in [9.17, 15) is 13.2 Å². The summed E-state index contributed by atoms with van der Waals surface area (Å²) in [5.74, 6) is -0.250. The molecule has 1 aliphatic rings. The third-order valence-electron chi connectivity index (χ3n) is 3.51. The topological polar surface area (TPSA) is 78.8 Å². The average molecular weight is 329 g/mol. The van der Waals surface area contributed by atoms with E-state index in [0.29, 0.717) is 5.69 Å². The lowest BCUT2D eigenvalue weighted by molar-refractivity contribution is -0.114. The molecule has 0 aromatic heterocycles. The van der Waals surface area contributed by atoms with Crippen molar-refractivity contribution in [1.82, 2.24) is 0 Å². The van der Waals surface area contributed by atoms with Crippen molar-refractivity contribution in [3.63, 3.8) is 0 Å². The molecule has 0 spiro atoms. The van der Waals surface area contributed by atoms with Gasteiger partial charge in [-0.25, -0.2) is 0 Å². The van der Waals surface area contributed by atoms with Crippen LogP contribution in [0.2, 0.25) is 0 Å². The van der Waals surface area contributed by atoms with Gasteiger partial charge in [0.2, 0.25) is 5.91 Å². The fraction of sp³-hybridized carbons (Fsp3) is 0.125. The summed E-state index contributed by atoms with van der Waals surface area (Å²) in [5, 5.41) is 2.82. The number of anilines is 2. The van der Waals surface area contributed by atoms with Crippen LogP contribution in [0.4, 0.5) is 11.4 Å². The lowest BCUT2D eigenvalue weighted by Gasteiger charge is -2.24. The summed E-state index contributed by atoms with van der Waals surface area (Å²) in [6, 6.07) is 13.9. The maximum Gasteiger partial charge on any atom is 0.285 e. The molecular weight excluding hydrogens is 314 g/mol. The molecule has 2 aromatic carbocycles. The van der Waals surface area contributed by atoms with Crippen LogP contribution in [0.3, 0.4) is 0 Å². The maximum absolute atomic E-state index is 12.2. The van der Waals surface area contributed by atoms with Crippen molar-refractivity contribution in [1.29, 1.82) is 0 Å². The molecule has 0 unspecified atom stereocenters. The highest BCUT2D eigenvalue weighted by atomic mass is 32.2. The second-order valence-electron chi connectivity index (χ2n) is 5.15. The zero-order chi connectivity index (χ0) is 16.4. The minimum Gasteiger partial charge on any atom is -0.324 e. The number of para-hydroxylation sites is 2. The van der Waals surface area contributed by atoms with E-state index in [1.807, 2.05) is 31.2 Å². The van der Waals surface area contributed by atoms with Crippen LogP contribution in [0.5, 0.6) is 0 Å². The van der Waals surface area contributed by atoms with Gasteiger partial charge in [0, 0.05) is 5.69 Å². The first-order chi connectivity index (χ1) is 11.0.